The van der Waals surface area contributed by atoms with Crippen molar-refractivity contribution in [3.8, 4) is 0 Å². The number of halogens is 1. The molecule has 1 aromatic heterocycles. The van der Waals surface area contributed by atoms with Gasteiger partial charge in [-0.3, -0.25) is 4.90 Å². The second kappa shape index (κ2) is 6.63. The predicted molar refractivity (Wildman–Crippen MR) is 84.3 cm³/mol. The minimum absolute atomic E-state index is 0.384. The zero-order chi connectivity index (χ0) is 14.7. The van der Waals surface area contributed by atoms with Crippen molar-refractivity contribution < 1.29 is 4.52 Å². The molecule has 0 unspecified atom stereocenters. The Kier molecular flexibility index (Phi) is 4.61. The van der Waals surface area contributed by atoms with E-state index in [2.05, 4.69) is 35.2 Å². The van der Waals surface area contributed by atoms with Gasteiger partial charge in [0, 0.05) is 24.1 Å². The van der Waals surface area contributed by atoms with Crippen molar-refractivity contribution in [2.45, 2.75) is 45.2 Å². The van der Waals surface area contributed by atoms with Crippen LogP contribution in [0.2, 0.25) is 5.02 Å². The van der Waals surface area contributed by atoms with E-state index in [1.807, 2.05) is 12.1 Å². The van der Waals surface area contributed by atoms with Gasteiger partial charge in [-0.1, -0.05) is 35.8 Å². The number of hydrogen-bond acceptors (Lipinski definition) is 3. The molecule has 3 rings (SSSR count). The number of aryl methyl sites for hydroxylation is 1. The van der Waals surface area contributed by atoms with Crippen molar-refractivity contribution in [1.82, 2.24) is 10.1 Å². The van der Waals surface area contributed by atoms with E-state index >= 15 is 0 Å². The molecule has 0 radical (unpaired) electrons. The standard InChI is InChI=1S/C17H21ClN2O/c1-2-4-15-11-16(19-21-15)17-5-3-10-20(17)12-13-6-8-14(18)9-7-13/h6-9,11,17H,2-5,10,12H2,1H3/t17-/m0/s1. The largest absolute Gasteiger partial charge is 0.361 e. The van der Waals surface area contributed by atoms with Crippen molar-refractivity contribution in [1.29, 1.82) is 0 Å². The van der Waals surface area contributed by atoms with Crippen LogP contribution >= 0.6 is 11.6 Å². The average molecular weight is 305 g/mol. The van der Waals surface area contributed by atoms with Gasteiger partial charge < -0.3 is 4.52 Å². The number of nitrogens with zero attached hydrogens (tertiary/aromatic N) is 2. The smallest absolute Gasteiger partial charge is 0.137 e. The molecule has 3 nitrogen and oxygen atoms in total. The predicted octanol–water partition coefficient (Wildman–Crippen LogP) is 4.62. The van der Waals surface area contributed by atoms with Crippen molar-refractivity contribution in [2.24, 2.45) is 0 Å². The molecule has 0 spiro atoms. The first-order valence-corrected chi connectivity index (χ1v) is 8.08. The molecule has 1 fully saturated rings. The fraction of sp³-hybridized carbons (Fsp3) is 0.471. The summed E-state index contributed by atoms with van der Waals surface area (Å²) in [6.45, 7) is 4.21. The van der Waals surface area contributed by atoms with E-state index in [1.165, 1.54) is 12.0 Å². The van der Waals surface area contributed by atoms with Gasteiger partial charge in [0.05, 0.1) is 6.04 Å². The Bertz CT molecular complexity index is 579. The molecule has 21 heavy (non-hydrogen) atoms. The molecule has 1 saturated heterocycles. The van der Waals surface area contributed by atoms with Crippen LogP contribution in [0.15, 0.2) is 34.9 Å². The third-order valence-corrected chi connectivity index (χ3v) is 4.33. The highest BCUT2D eigenvalue weighted by Gasteiger charge is 2.28. The van der Waals surface area contributed by atoms with E-state index in [0.29, 0.717) is 6.04 Å². The summed E-state index contributed by atoms with van der Waals surface area (Å²) >= 11 is 5.95. The Morgan fingerprint density at radius 2 is 2.14 bits per heavy atom. The Labute approximate surface area is 130 Å². The summed E-state index contributed by atoms with van der Waals surface area (Å²) in [7, 11) is 0. The average Bonchev–Trinajstić information content (AvgIpc) is 3.11. The highest BCUT2D eigenvalue weighted by atomic mass is 35.5. The normalized spacial score (nSPS) is 19.2. The van der Waals surface area contributed by atoms with E-state index in [4.69, 9.17) is 16.1 Å². The Hall–Kier alpha value is -1.32. The first-order valence-electron chi connectivity index (χ1n) is 7.70. The second-order valence-electron chi connectivity index (χ2n) is 5.72. The Morgan fingerprint density at radius 3 is 2.90 bits per heavy atom. The van der Waals surface area contributed by atoms with Crippen LogP contribution in [0.5, 0.6) is 0 Å². The molecule has 4 heteroatoms. The van der Waals surface area contributed by atoms with Crippen LogP contribution in [0.3, 0.4) is 0 Å². The summed E-state index contributed by atoms with van der Waals surface area (Å²) in [6.07, 6.45) is 4.44. The van der Waals surface area contributed by atoms with E-state index in [1.54, 1.807) is 0 Å². The van der Waals surface area contributed by atoms with Gasteiger partial charge >= 0.3 is 0 Å². The number of rotatable bonds is 5. The lowest BCUT2D eigenvalue weighted by Crippen LogP contribution is -2.22. The van der Waals surface area contributed by atoms with Crippen molar-refractivity contribution in [3.05, 3.63) is 52.4 Å². The molecule has 1 atom stereocenters. The topological polar surface area (TPSA) is 29.3 Å². The Balaban J connectivity index is 1.70. The summed E-state index contributed by atoms with van der Waals surface area (Å²) < 4.78 is 5.44. The van der Waals surface area contributed by atoms with Gasteiger partial charge in [0.2, 0.25) is 0 Å². The van der Waals surface area contributed by atoms with Crippen LogP contribution in [0.25, 0.3) is 0 Å². The van der Waals surface area contributed by atoms with E-state index in [9.17, 15) is 0 Å². The van der Waals surface area contributed by atoms with Crippen LogP contribution in [-0.4, -0.2) is 16.6 Å². The molecule has 1 aliphatic heterocycles. The van der Waals surface area contributed by atoms with E-state index < -0.39 is 0 Å². The lowest BCUT2D eigenvalue weighted by Gasteiger charge is -2.22. The van der Waals surface area contributed by atoms with Crippen molar-refractivity contribution in [3.63, 3.8) is 0 Å². The van der Waals surface area contributed by atoms with Gasteiger partial charge in [0.1, 0.15) is 11.5 Å². The minimum atomic E-state index is 0.384. The van der Waals surface area contributed by atoms with Crippen LogP contribution < -0.4 is 0 Å². The summed E-state index contributed by atoms with van der Waals surface area (Å²) in [5.41, 5.74) is 2.38. The summed E-state index contributed by atoms with van der Waals surface area (Å²) in [4.78, 5) is 2.48. The lowest BCUT2D eigenvalue weighted by molar-refractivity contribution is 0.236. The van der Waals surface area contributed by atoms with Gasteiger partial charge in [0.25, 0.3) is 0 Å². The molecule has 1 aliphatic rings. The van der Waals surface area contributed by atoms with Crippen LogP contribution in [-0.2, 0) is 13.0 Å². The fourth-order valence-corrected chi connectivity index (χ4v) is 3.15. The molecule has 1 aromatic carbocycles. The zero-order valence-electron chi connectivity index (χ0n) is 12.4. The van der Waals surface area contributed by atoms with Crippen LogP contribution in [0, 0.1) is 0 Å². The lowest BCUT2D eigenvalue weighted by atomic mass is 10.1. The van der Waals surface area contributed by atoms with Crippen molar-refractivity contribution in [2.75, 3.05) is 6.54 Å². The quantitative estimate of drug-likeness (QED) is 0.807. The minimum Gasteiger partial charge on any atom is -0.361 e. The summed E-state index contributed by atoms with van der Waals surface area (Å²) in [5, 5.41) is 5.07. The third kappa shape index (κ3) is 3.47. The van der Waals surface area contributed by atoms with Crippen LogP contribution in [0.1, 0.15) is 49.2 Å². The Morgan fingerprint density at radius 1 is 1.33 bits per heavy atom. The number of likely N-dealkylation sites (tertiary alicyclic amines) is 1. The maximum Gasteiger partial charge on any atom is 0.137 e. The molecule has 2 aromatic rings. The SMILES string of the molecule is CCCc1cc([C@@H]2CCCN2Cc2ccc(Cl)cc2)no1. The fourth-order valence-electron chi connectivity index (χ4n) is 3.02. The van der Waals surface area contributed by atoms with Gasteiger partial charge in [-0.25, -0.2) is 0 Å². The first-order chi connectivity index (χ1) is 10.3. The first kappa shape index (κ1) is 14.6. The maximum absolute atomic E-state index is 5.95. The van der Waals surface area contributed by atoms with Gasteiger partial charge in [-0.15, -0.1) is 0 Å². The third-order valence-electron chi connectivity index (χ3n) is 4.08. The molecule has 0 bridgehead atoms. The number of aromatic nitrogens is 1. The van der Waals surface area contributed by atoms with Gasteiger partial charge in [0.15, 0.2) is 0 Å². The number of benzene rings is 1. The van der Waals surface area contributed by atoms with Gasteiger partial charge in [-0.05, 0) is 43.5 Å². The monoisotopic (exact) mass is 304 g/mol. The molecule has 0 saturated carbocycles. The van der Waals surface area contributed by atoms with Crippen LogP contribution in [0.4, 0.5) is 0 Å². The molecule has 112 valence electrons. The van der Waals surface area contributed by atoms with Gasteiger partial charge in [-0.2, -0.15) is 0 Å². The molecule has 0 N–H and O–H groups in total. The van der Waals surface area contributed by atoms with E-state index in [-0.39, 0.29) is 0 Å². The van der Waals surface area contributed by atoms with Crippen molar-refractivity contribution >= 4 is 11.6 Å². The molecule has 2 heterocycles. The summed E-state index contributed by atoms with van der Waals surface area (Å²) in [6, 6.07) is 10.6. The maximum atomic E-state index is 5.95. The molecular weight excluding hydrogens is 284 g/mol. The highest BCUT2D eigenvalue weighted by Crippen LogP contribution is 2.33. The molecule has 0 amide bonds. The summed E-state index contributed by atoms with van der Waals surface area (Å²) in [5.74, 6) is 1.01. The second-order valence-corrected chi connectivity index (χ2v) is 6.16. The molecule has 0 aliphatic carbocycles. The highest BCUT2D eigenvalue weighted by molar-refractivity contribution is 6.30. The molecular formula is C17H21ClN2O. The van der Waals surface area contributed by atoms with E-state index in [0.717, 1.165) is 48.8 Å². The number of hydrogen-bond donors (Lipinski definition) is 0. The zero-order valence-corrected chi connectivity index (χ0v) is 13.1.